The molecule has 7 heteroatoms. The zero-order valence-electron chi connectivity index (χ0n) is 13.1. The molecule has 0 aliphatic carbocycles. The molecule has 0 unspecified atom stereocenters. The Labute approximate surface area is 139 Å². The second kappa shape index (κ2) is 9.09. The lowest BCUT2D eigenvalue weighted by Crippen LogP contribution is -2.10. The molecule has 2 aromatic rings. The molecular weight excluding hydrogens is 314 g/mol. The Balaban J connectivity index is 1.83. The number of nitrogens with one attached hydrogen (secondary N) is 1. The Morgan fingerprint density at radius 2 is 1.91 bits per heavy atom. The Hall–Kier alpha value is -2.15. The van der Waals surface area contributed by atoms with Crippen LogP contribution in [0.2, 0.25) is 0 Å². The number of nitrogen functional groups attached to an aromatic ring is 1. The molecule has 6 nitrogen and oxygen atoms in total. The number of nitrogens with zero attached hydrogens (tertiary/aromatic N) is 1. The molecule has 0 aliphatic rings. The van der Waals surface area contributed by atoms with Crippen LogP contribution in [0.4, 0.5) is 5.82 Å². The van der Waals surface area contributed by atoms with Gasteiger partial charge in [0.15, 0.2) is 16.7 Å². The van der Waals surface area contributed by atoms with Gasteiger partial charge in [0.25, 0.3) is 5.56 Å². The summed E-state index contributed by atoms with van der Waals surface area (Å²) in [6.45, 7) is 3.27. The minimum Gasteiger partial charge on any atom is -0.490 e. The lowest BCUT2D eigenvalue weighted by atomic mass is 10.3. The number of aromatic amines is 1. The van der Waals surface area contributed by atoms with Gasteiger partial charge in [-0.25, -0.2) is 4.98 Å². The molecule has 1 heterocycles. The van der Waals surface area contributed by atoms with Crippen molar-refractivity contribution in [2.45, 2.75) is 24.9 Å². The molecule has 0 amide bonds. The van der Waals surface area contributed by atoms with Crippen LogP contribution >= 0.6 is 11.8 Å². The van der Waals surface area contributed by atoms with Gasteiger partial charge in [-0.05, 0) is 18.6 Å². The van der Waals surface area contributed by atoms with E-state index in [2.05, 4.69) is 16.9 Å². The van der Waals surface area contributed by atoms with Crippen molar-refractivity contribution in [3.8, 4) is 11.5 Å². The Morgan fingerprint density at radius 3 is 2.57 bits per heavy atom. The van der Waals surface area contributed by atoms with E-state index in [0.29, 0.717) is 24.1 Å². The fraction of sp³-hybridized carbons (Fsp3) is 0.375. The van der Waals surface area contributed by atoms with E-state index in [-0.39, 0.29) is 11.4 Å². The predicted molar refractivity (Wildman–Crippen MR) is 92.3 cm³/mol. The fourth-order valence-corrected chi connectivity index (χ4v) is 2.53. The van der Waals surface area contributed by atoms with Crippen molar-refractivity contribution < 1.29 is 9.47 Å². The highest BCUT2D eigenvalue weighted by molar-refractivity contribution is 7.99. The van der Waals surface area contributed by atoms with Gasteiger partial charge in [0.1, 0.15) is 5.82 Å². The average molecular weight is 335 g/mol. The first kappa shape index (κ1) is 17.2. The number of hydrogen-bond donors (Lipinski definition) is 2. The van der Waals surface area contributed by atoms with Crippen LogP contribution in [-0.4, -0.2) is 28.9 Å². The molecule has 2 rings (SSSR count). The zero-order valence-corrected chi connectivity index (χ0v) is 13.9. The van der Waals surface area contributed by atoms with Gasteiger partial charge in [0.2, 0.25) is 0 Å². The van der Waals surface area contributed by atoms with Gasteiger partial charge in [-0.15, -0.1) is 0 Å². The number of anilines is 1. The predicted octanol–water partition coefficient (Wildman–Crippen LogP) is 2.70. The van der Waals surface area contributed by atoms with E-state index in [1.165, 1.54) is 17.8 Å². The number of H-pyrrole nitrogens is 1. The average Bonchev–Trinajstić information content (AvgIpc) is 2.52. The molecule has 0 fully saturated rings. The van der Waals surface area contributed by atoms with Crippen LogP contribution in [0, 0.1) is 0 Å². The SMILES string of the molecule is CCCCOc1ccccc1OCCSc1nc(N)cc(=O)[nH]1. The van der Waals surface area contributed by atoms with Crippen molar-refractivity contribution >= 4 is 17.6 Å². The molecule has 3 N–H and O–H groups in total. The van der Waals surface area contributed by atoms with Gasteiger partial charge < -0.3 is 20.2 Å². The minimum absolute atomic E-state index is 0.215. The number of nitrogens with two attached hydrogens (primary N) is 1. The first-order chi connectivity index (χ1) is 11.2. The number of aromatic nitrogens is 2. The summed E-state index contributed by atoms with van der Waals surface area (Å²) in [6, 6.07) is 8.86. The Kier molecular flexibility index (Phi) is 6.80. The molecular formula is C16H21N3O3S. The van der Waals surface area contributed by atoms with Crippen LogP contribution in [0.25, 0.3) is 0 Å². The van der Waals surface area contributed by atoms with Crippen molar-refractivity contribution in [2.24, 2.45) is 0 Å². The molecule has 0 aliphatic heterocycles. The summed E-state index contributed by atoms with van der Waals surface area (Å²) in [4.78, 5) is 18.0. The molecule has 23 heavy (non-hydrogen) atoms. The Bertz CT molecular complexity index is 676. The monoisotopic (exact) mass is 335 g/mol. The largest absolute Gasteiger partial charge is 0.490 e. The third kappa shape index (κ3) is 5.86. The second-order valence-corrected chi connectivity index (χ2v) is 5.90. The number of thioether (sulfide) groups is 1. The van der Waals surface area contributed by atoms with Crippen LogP contribution in [0.15, 0.2) is 40.3 Å². The number of hydrogen-bond acceptors (Lipinski definition) is 6. The van der Waals surface area contributed by atoms with Crippen molar-refractivity contribution in [1.82, 2.24) is 9.97 Å². The molecule has 0 radical (unpaired) electrons. The lowest BCUT2D eigenvalue weighted by molar-refractivity contribution is 0.274. The molecule has 1 aromatic carbocycles. The van der Waals surface area contributed by atoms with E-state index in [0.717, 1.165) is 24.3 Å². The first-order valence-corrected chi connectivity index (χ1v) is 8.52. The van der Waals surface area contributed by atoms with E-state index in [4.69, 9.17) is 15.2 Å². The highest BCUT2D eigenvalue weighted by Crippen LogP contribution is 2.27. The summed E-state index contributed by atoms with van der Waals surface area (Å²) >= 11 is 1.38. The van der Waals surface area contributed by atoms with E-state index in [1.807, 2.05) is 24.3 Å². The molecule has 124 valence electrons. The second-order valence-electron chi connectivity index (χ2n) is 4.82. The third-order valence-electron chi connectivity index (χ3n) is 2.92. The van der Waals surface area contributed by atoms with Gasteiger partial charge in [-0.3, -0.25) is 4.79 Å². The quantitative estimate of drug-likeness (QED) is 0.416. The van der Waals surface area contributed by atoms with Crippen molar-refractivity contribution in [2.75, 3.05) is 24.7 Å². The van der Waals surface area contributed by atoms with E-state index >= 15 is 0 Å². The standard InChI is InChI=1S/C16H21N3O3S/c1-2-3-8-21-12-6-4-5-7-13(12)22-9-10-23-16-18-14(17)11-15(20)19-16/h4-7,11H,2-3,8-10H2,1H3,(H3,17,18,19,20). The van der Waals surface area contributed by atoms with Crippen molar-refractivity contribution in [1.29, 1.82) is 0 Å². The summed E-state index contributed by atoms with van der Waals surface area (Å²) < 4.78 is 11.5. The number of benzene rings is 1. The first-order valence-electron chi connectivity index (χ1n) is 7.53. The maximum atomic E-state index is 11.3. The maximum Gasteiger partial charge on any atom is 0.253 e. The number of ether oxygens (including phenoxy) is 2. The van der Waals surface area contributed by atoms with Crippen LogP contribution in [0.5, 0.6) is 11.5 Å². The van der Waals surface area contributed by atoms with Crippen LogP contribution in [0.3, 0.4) is 0 Å². The van der Waals surface area contributed by atoms with Crippen LogP contribution in [0.1, 0.15) is 19.8 Å². The Morgan fingerprint density at radius 1 is 1.22 bits per heavy atom. The molecule has 0 saturated carbocycles. The summed E-state index contributed by atoms with van der Waals surface area (Å²) in [5, 5.41) is 0.492. The fourth-order valence-electron chi connectivity index (χ4n) is 1.83. The van der Waals surface area contributed by atoms with Gasteiger partial charge >= 0.3 is 0 Å². The normalized spacial score (nSPS) is 10.5. The number of unbranched alkanes of at least 4 members (excludes halogenated alkanes) is 1. The van der Waals surface area contributed by atoms with Crippen molar-refractivity contribution in [3.63, 3.8) is 0 Å². The van der Waals surface area contributed by atoms with Gasteiger partial charge in [0.05, 0.1) is 13.2 Å². The smallest absolute Gasteiger partial charge is 0.253 e. The molecule has 0 spiro atoms. The summed E-state index contributed by atoms with van der Waals surface area (Å²) in [5.74, 6) is 2.32. The summed E-state index contributed by atoms with van der Waals surface area (Å²) in [5.41, 5.74) is 5.29. The van der Waals surface area contributed by atoms with E-state index in [1.54, 1.807) is 0 Å². The lowest BCUT2D eigenvalue weighted by Gasteiger charge is -2.12. The molecule has 0 saturated heterocycles. The summed E-state index contributed by atoms with van der Waals surface area (Å²) in [6.07, 6.45) is 2.10. The van der Waals surface area contributed by atoms with Gasteiger partial charge in [-0.2, -0.15) is 0 Å². The third-order valence-corrected chi connectivity index (χ3v) is 3.76. The van der Waals surface area contributed by atoms with E-state index < -0.39 is 0 Å². The van der Waals surface area contributed by atoms with Crippen LogP contribution in [-0.2, 0) is 0 Å². The molecule has 1 aromatic heterocycles. The van der Waals surface area contributed by atoms with E-state index in [9.17, 15) is 4.79 Å². The molecule has 0 atom stereocenters. The highest BCUT2D eigenvalue weighted by Gasteiger charge is 2.05. The minimum atomic E-state index is -0.254. The number of rotatable bonds is 9. The maximum absolute atomic E-state index is 11.3. The van der Waals surface area contributed by atoms with Gasteiger partial charge in [0, 0.05) is 11.8 Å². The summed E-state index contributed by atoms with van der Waals surface area (Å²) in [7, 11) is 0. The topological polar surface area (TPSA) is 90.2 Å². The number of para-hydroxylation sites is 2. The van der Waals surface area contributed by atoms with Crippen LogP contribution < -0.4 is 20.8 Å². The van der Waals surface area contributed by atoms with Crippen molar-refractivity contribution in [3.05, 3.63) is 40.7 Å². The molecule has 0 bridgehead atoms. The van der Waals surface area contributed by atoms with Gasteiger partial charge in [-0.1, -0.05) is 37.2 Å². The highest BCUT2D eigenvalue weighted by atomic mass is 32.2. The zero-order chi connectivity index (χ0) is 16.5.